The quantitative estimate of drug-likeness (QED) is 0.521. The lowest BCUT2D eigenvalue weighted by Gasteiger charge is -2.16. The average molecular weight is 282 g/mol. The number of rotatable bonds is 4. The number of aliphatic imine (C=N–C) groups is 1. The van der Waals surface area contributed by atoms with Crippen molar-refractivity contribution in [3.8, 4) is 0 Å². The van der Waals surface area contributed by atoms with Crippen LogP contribution < -0.4 is 5.43 Å². The smallest absolute Gasteiger partial charge is 0.103 e. The van der Waals surface area contributed by atoms with Crippen LogP contribution in [0.4, 0.5) is 0 Å². The van der Waals surface area contributed by atoms with Gasteiger partial charge in [-0.25, -0.2) is 0 Å². The minimum Gasteiger partial charge on any atom is -0.343 e. The van der Waals surface area contributed by atoms with Gasteiger partial charge in [0.1, 0.15) is 6.34 Å². The first-order chi connectivity index (χ1) is 10.3. The standard InChI is InChI=1S/C17H22N4/c1-21-16(11-14-7-5-6-10-17(14)21)12-19-20-13-18-15-8-3-2-4-9-15/h5-7,10-13,15H,2-4,8-9H2,1H3,(H,18,20)/b19-12+. The van der Waals surface area contributed by atoms with Gasteiger partial charge in [0.15, 0.2) is 0 Å². The molecule has 4 heteroatoms. The van der Waals surface area contributed by atoms with Crippen molar-refractivity contribution >= 4 is 23.5 Å². The fourth-order valence-electron chi connectivity index (χ4n) is 2.94. The summed E-state index contributed by atoms with van der Waals surface area (Å²) in [5, 5.41) is 5.47. The Bertz CT molecular complexity index is 648. The summed E-state index contributed by atoms with van der Waals surface area (Å²) < 4.78 is 2.14. The predicted octanol–water partition coefficient (Wildman–Crippen LogP) is 3.46. The Morgan fingerprint density at radius 1 is 1.19 bits per heavy atom. The zero-order chi connectivity index (χ0) is 14.5. The Labute approximate surface area is 125 Å². The summed E-state index contributed by atoms with van der Waals surface area (Å²) in [7, 11) is 2.06. The van der Waals surface area contributed by atoms with E-state index in [2.05, 4.69) is 57.5 Å². The van der Waals surface area contributed by atoms with Gasteiger partial charge in [-0.15, -0.1) is 0 Å². The zero-order valence-electron chi connectivity index (χ0n) is 12.5. The molecular weight excluding hydrogens is 260 g/mol. The number of para-hydroxylation sites is 1. The Morgan fingerprint density at radius 3 is 2.81 bits per heavy atom. The number of benzene rings is 1. The lowest BCUT2D eigenvalue weighted by molar-refractivity contribution is 0.443. The van der Waals surface area contributed by atoms with Crippen molar-refractivity contribution < 1.29 is 0 Å². The molecule has 0 saturated heterocycles. The van der Waals surface area contributed by atoms with Gasteiger partial charge in [-0.3, -0.25) is 10.4 Å². The molecular formula is C17H22N4. The highest BCUT2D eigenvalue weighted by Gasteiger charge is 2.10. The molecule has 0 atom stereocenters. The van der Waals surface area contributed by atoms with Crippen LogP contribution in [0.3, 0.4) is 0 Å². The molecule has 21 heavy (non-hydrogen) atoms. The van der Waals surface area contributed by atoms with Crippen LogP contribution in [0, 0.1) is 0 Å². The fourth-order valence-corrected chi connectivity index (χ4v) is 2.94. The van der Waals surface area contributed by atoms with Crippen molar-refractivity contribution in [2.24, 2.45) is 17.1 Å². The molecule has 1 aromatic heterocycles. The SMILES string of the molecule is Cn1c(/C=N/NC=NC2CCCCC2)cc2ccccc21. The van der Waals surface area contributed by atoms with Crippen molar-refractivity contribution in [1.82, 2.24) is 9.99 Å². The van der Waals surface area contributed by atoms with E-state index in [0.717, 1.165) is 5.69 Å². The fraction of sp³-hybridized carbons (Fsp3) is 0.412. The van der Waals surface area contributed by atoms with Crippen molar-refractivity contribution in [3.05, 3.63) is 36.0 Å². The number of aryl methyl sites for hydroxylation is 1. The largest absolute Gasteiger partial charge is 0.343 e. The van der Waals surface area contributed by atoms with Gasteiger partial charge in [0, 0.05) is 18.0 Å². The van der Waals surface area contributed by atoms with Gasteiger partial charge in [-0.05, 0) is 25.0 Å². The maximum absolute atomic E-state index is 4.52. The summed E-state index contributed by atoms with van der Waals surface area (Å²) in [6, 6.07) is 11.0. The van der Waals surface area contributed by atoms with Crippen LogP contribution in [-0.4, -0.2) is 23.2 Å². The molecule has 0 bridgehead atoms. The molecule has 1 N–H and O–H groups in total. The minimum atomic E-state index is 0.485. The van der Waals surface area contributed by atoms with E-state index in [-0.39, 0.29) is 0 Å². The number of fused-ring (bicyclic) bond motifs is 1. The van der Waals surface area contributed by atoms with Crippen LogP contribution in [0.5, 0.6) is 0 Å². The maximum atomic E-state index is 4.52. The van der Waals surface area contributed by atoms with E-state index in [0.29, 0.717) is 6.04 Å². The van der Waals surface area contributed by atoms with Gasteiger partial charge in [0.25, 0.3) is 0 Å². The third-order valence-corrected chi connectivity index (χ3v) is 4.18. The first-order valence-corrected chi connectivity index (χ1v) is 7.69. The summed E-state index contributed by atoms with van der Waals surface area (Å²) in [6.45, 7) is 0. The minimum absolute atomic E-state index is 0.485. The lowest BCUT2D eigenvalue weighted by atomic mass is 9.96. The van der Waals surface area contributed by atoms with E-state index < -0.39 is 0 Å². The Hall–Kier alpha value is -2.10. The number of hydrazone groups is 1. The van der Waals surface area contributed by atoms with Crippen molar-refractivity contribution in [1.29, 1.82) is 0 Å². The molecule has 0 unspecified atom stereocenters. The third kappa shape index (κ3) is 3.32. The van der Waals surface area contributed by atoms with Crippen molar-refractivity contribution in [2.45, 2.75) is 38.1 Å². The molecule has 0 radical (unpaired) electrons. The van der Waals surface area contributed by atoms with Gasteiger partial charge >= 0.3 is 0 Å². The summed E-state index contributed by atoms with van der Waals surface area (Å²) in [6.07, 6.45) is 9.97. The number of hydrogen-bond donors (Lipinski definition) is 1. The van der Waals surface area contributed by atoms with E-state index in [1.165, 1.54) is 43.0 Å². The van der Waals surface area contributed by atoms with Crippen LogP contribution in [-0.2, 0) is 7.05 Å². The van der Waals surface area contributed by atoms with E-state index in [4.69, 9.17) is 0 Å². The zero-order valence-corrected chi connectivity index (χ0v) is 12.5. The first-order valence-electron chi connectivity index (χ1n) is 7.69. The van der Waals surface area contributed by atoms with E-state index in [9.17, 15) is 0 Å². The highest BCUT2D eigenvalue weighted by molar-refractivity contribution is 5.90. The highest BCUT2D eigenvalue weighted by Crippen LogP contribution is 2.19. The van der Waals surface area contributed by atoms with E-state index >= 15 is 0 Å². The lowest BCUT2D eigenvalue weighted by Crippen LogP contribution is -2.12. The molecule has 110 valence electrons. The molecule has 2 aromatic rings. The molecule has 3 rings (SSSR count). The second-order valence-corrected chi connectivity index (χ2v) is 5.64. The van der Waals surface area contributed by atoms with E-state index in [1.807, 2.05) is 6.21 Å². The molecule has 1 aromatic carbocycles. The second-order valence-electron chi connectivity index (χ2n) is 5.64. The highest BCUT2D eigenvalue weighted by atomic mass is 15.3. The molecule has 0 amide bonds. The van der Waals surface area contributed by atoms with E-state index in [1.54, 1.807) is 6.34 Å². The van der Waals surface area contributed by atoms with Crippen molar-refractivity contribution in [3.63, 3.8) is 0 Å². The number of nitrogens with one attached hydrogen (secondary N) is 1. The van der Waals surface area contributed by atoms with Crippen LogP contribution >= 0.6 is 0 Å². The second kappa shape index (κ2) is 6.57. The van der Waals surface area contributed by atoms with Crippen molar-refractivity contribution in [2.75, 3.05) is 0 Å². The molecule has 4 nitrogen and oxygen atoms in total. The van der Waals surface area contributed by atoms with Gasteiger partial charge in [0.2, 0.25) is 0 Å². The Kier molecular flexibility index (Phi) is 4.34. The van der Waals surface area contributed by atoms with Gasteiger partial charge < -0.3 is 4.57 Å². The monoisotopic (exact) mass is 282 g/mol. The normalized spacial score (nSPS) is 17.2. The predicted molar refractivity (Wildman–Crippen MR) is 89.0 cm³/mol. The van der Waals surface area contributed by atoms with Gasteiger partial charge in [-0.2, -0.15) is 5.10 Å². The molecule has 0 spiro atoms. The van der Waals surface area contributed by atoms with Gasteiger partial charge in [-0.1, -0.05) is 37.5 Å². The number of aromatic nitrogens is 1. The molecule has 1 aliphatic rings. The summed E-state index contributed by atoms with van der Waals surface area (Å²) in [5.74, 6) is 0. The topological polar surface area (TPSA) is 41.7 Å². The first kappa shape index (κ1) is 13.9. The number of hydrogen-bond acceptors (Lipinski definition) is 2. The van der Waals surface area contributed by atoms with Gasteiger partial charge in [0.05, 0.1) is 18.0 Å². The average Bonchev–Trinajstić information content (AvgIpc) is 2.85. The Morgan fingerprint density at radius 2 is 2.00 bits per heavy atom. The number of nitrogens with zero attached hydrogens (tertiary/aromatic N) is 3. The molecule has 0 aliphatic heterocycles. The van der Waals surface area contributed by atoms with Crippen LogP contribution in [0.15, 0.2) is 40.4 Å². The molecule has 1 fully saturated rings. The Balaban J connectivity index is 1.60. The van der Waals surface area contributed by atoms with Crippen LogP contribution in [0.1, 0.15) is 37.8 Å². The molecule has 1 saturated carbocycles. The molecule has 1 heterocycles. The summed E-state index contributed by atoms with van der Waals surface area (Å²) >= 11 is 0. The summed E-state index contributed by atoms with van der Waals surface area (Å²) in [4.78, 5) is 4.52. The van der Waals surface area contributed by atoms with Crippen LogP contribution in [0.2, 0.25) is 0 Å². The third-order valence-electron chi connectivity index (χ3n) is 4.18. The summed E-state index contributed by atoms with van der Waals surface area (Å²) in [5.41, 5.74) is 5.21. The molecule has 1 aliphatic carbocycles. The van der Waals surface area contributed by atoms with Crippen LogP contribution in [0.25, 0.3) is 10.9 Å². The maximum Gasteiger partial charge on any atom is 0.103 e.